The Morgan fingerprint density at radius 2 is 2.13 bits per heavy atom. The third-order valence-corrected chi connectivity index (χ3v) is 4.97. The fourth-order valence-corrected chi connectivity index (χ4v) is 3.56. The van der Waals surface area contributed by atoms with Crippen LogP contribution in [0.25, 0.3) is 0 Å². The number of hydrogen-bond acceptors (Lipinski definition) is 4. The lowest BCUT2D eigenvalue weighted by molar-refractivity contribution is -0.0161. The molecule has 2 atom stereocenters. The molecule has 0 aromatic heterocycles. The van der Waals surface area contributed by atoms with Gasteiger partial charge in [-0.2, -0.15) is 0 Å². The van der Waals surface area contributed by atoms with Crippen molar-refractivity contribution in [3.8, 4) is 0 Å². The first-order chi connectivity index (χ1) is 11.2. The molecule has 2 heterocycles. The standard InChI is InChI=1S/C17H35N5O/c1-4-15-7-5-6-9-22(15)10-8-19-17(18-2)20-13-16-14-21(3)11-12-23-16/h15-16H,4-14H2,1-3H3,(H2,18,19,20). The molecule has 6 heteroatoms. The third kappa shape index (κ3) is 6.28. The largest absolute Gasteiger partial charge is 0.374 e. The minimum atomic E-state index is 0.249. The van der Waals surface area contributed by atoms with Crippen molar-refractivity contribution in [2.24, 2.45) is 4.99 Å². The zero-order valence-corrected chi connectivity index (χ0v) is 15.2. The van der Waals surface area contributed by atoms with Gasteiger partial charge in [0, 0.05) is 45.8 Å². The first-order valence-corrected chi connectivity index (χ1v) is 9.21. The van der Waals surface area contributed by atoms with Crippen molar-refractivity contribution in [1.29, 1.82) is 0 Å². The summed E-state index contributed by atoms with van der Waals surface area (Å²) >= 11 is 0. The number of hydrogen-bond donors (Lipinski definition) is 2. The Morgan fingerprint density at radius 1 is 1.26 bits per heavy atom. The van der Waals surface area contributed by atoms with Gasteiger partial charge in [-0.05, 0) is 32.9 Å². The molecule has 2 saturated heterocycles. The Bertz CT molecular complexity index is 363. The number of nitrogens with one attached hydrogen (secondary N) is 2. The zero-order valence-electron chi connectivity index (χ0n) is 15.2. The summed E-state index contributed by atoms with van der Waals surface area (Å²) in [5, 5.41) is 6.83. The van der Waals surface area contributed by atoms with Crippen LogP contribution in [0.3, 0.4) is 0 Å². The van der Waals surface area contributed by atoms with Gasteiger partial charge in [-0.3, -0.25) is 9.89 Å². The number of guanidine groups is 1. The third-order valence-electron chi connectivity index (χ3n) is 4.97. The van der Waals surface area contributed by atoms with Crippen LogP contribution in [0.1, 0.15) is 32.6 Å². The van der Waals surface area contributed by atoms with E-state index in [-0.39, 0.29) is 6.10 Å². The summed E-state index contributed by atoms with van der Waals surface area (Å²) in [7, 11) is 3.98. The molecule has 2 fully saturated rings. The number of likely N-dealkylation sites (tertiary alicyclic amines) is 1. The Hall–Kier alpha value is -0.850. The molecule has 0 radical (unpaired) electrons. The van der Waals surface area contributed by atoms with E-state index in [4.69, 9.17) is 4.74 Å². The van der Waals surface area contributed by atoms with Crippen molar-refractivity contribution in [1.82, 2.24) is 20.4 Å². The highest BCUT2D eigenvalue weighted by atomic mass is 16.5. The number of aliphatic imine (C=N–C) groups is 1. The van der Waals surface area contributed by atoms with Crippen LogP contribution in [0.4, 0.5) is 0 Å². The summed E-state index contributed by atoms with van der Waals surface area (Å²) < 4.78 is 5.78. The predicted molar refractivity (Wildman–Crippen MR) is 96.1 cm³/mol. The molecule has 2 unspecified atom stereocenters. The predicted octanol–water partition coefficient (Wildman–Crippen LogP) is 0.747. The summed E-state index contributed by atoms with van der Waals surface area (Å²) in [4.78, 5) is 9.26. The average Bonchev–Trinajstić information content (AvgIpc) is 2.58. The van der Waals surface area contributed by atoms with E-state index in [0.717, 1.165) is 51.3 Å². The number of rotatable bonds is 6. The van der Waals surface area contributed by atoms with E-state index in [0.29, 0.717) is 0 Å². The minimum absolute atomic E-state index is 0.249. The second kappa shape index (κ2) is 10.1. The number of morpholine rings is 1. The van der Waals surface area contributed by atoms with Crippen LogP contribution in [0, 0.1) is 0 Å². The van der Waals surface area contributed by atoms with Gasteiger partial charge in [0.05, 0.1) is 12.7 Å². The molecule has 23 heavy (non-hydrogen) atoms. The average molecular weight is 326 g/mol. The van der Waals surface area contributed by atoms with E-state index in [1.54, 1.807) is 0 Å². The van der Waals surface area contributed by atoms with Gasteiger partial charge in [0.2, 0.25) is 0 Å². The lowest BCUT2D eigenvalue weighted by Crippen LogP contribution is -2.50. The van der Waals surface area contributed by atoms with Crippen molar-refractivity contribution >= 4 is 5.96 Å². The molecule has 2 N–H and O–H groups in total. The molecule has 2 aliphatic heterocycles. The molecule has 2 rings (SSSR count). The maximum absolute atomic E-state index is 5.78. The number of ether oxygens (including phenoxy) is 1. The van der Waals surface area contributed by atoms with Crippen LogP contribution in [-0.4, -0.2) is 87.9 Å². The van der Waals surface area contributed by atoms with Crippen LogP contribution in [0.5, 0.6) is 0 Å². The molecule has 0 aliphatic carbocycles. The van der Waals surface area contributed by atoms with E-state index in [1.165, 1.54) is 32.2 Å². The molecule has 0 amide bonds. The molecule has 0 aromatic carbocycles. The van der Waals surface area contributed by atoms with Crippen molar-refractivity contribution in [3.63, 3.8) is 0 Å². The summed E-state index contributed by atoms with van der Waals surface area (Å²) in [6.45, 7) is 9.23. The summed E-state index contributed by atoms with van der Waals surface area (Å²) in [6, 6.07) is 0.770. The van der Waals surface area contributed by atoms with E-state index in [9.17, 15) is 0 Å². The first-order valence-electron chi connectivity index (χ1n) is 9.21. The highest BCUT2D eigenvalue weighted by Gasteiger charge is 2.20. The van der Waals surface area contributed by atoms with Gasteiger partial charge >= 0.3 is 0 Å². The fourth-order valence-electron chi connectivity index (χ4n) is 3.56. The number of piperidine rings is 1. The lowest BCUT2D eigenvalue weighted by atomic mass is 10.0. The Balaban J connectivity index is 1.64. The van der Waals surface area contributed by atoms with Gasteiger partial charge in [0.1, 0.15) is 0 Å². The lowest BCUT2D eigenvalue weighted by Gasteiger charge is -2.35. The highest BCUT2D eigenvalue weighted by molar-refractivity contribution is 5.79. The van der Waals surface area contributed by atoms with Crippen LogP contribution < -0.4 is 10.6 Å². The maximum atomic E-state index is 5.78. The first kappa shape index (κ1) is 18.5. The Kier molecular flexibility index (Phi) is 8.12. The number of likely N-dealkylation sites (N-methyl/N-ethyl adjacent to an activating group) is 1. The molecular weight excluding hydrogens is 290 g/mol. The van der Waals surface area contributed by atoms with E-state index >= 15 is 0 Å². The van der Waals surface area contributed by atoms with Crippen LogP contribution in [-0.2, 0) is 4.74 Å². The molecule has 0 bridgehead atoms. The fraction of sp³-hybridized carbons (Fsp3) is 0.941. The van der Waals surface area contributed by atoms with Crippen molar-refractivity contribution in [2.75, 3.05) is 60.0 Å². The molecular formula is C17H35N5O. The maximum Gasteiger partial charge on any atom is 0.191 e. The monoisotopic (exact) mass is 325 g/mol. The van der Waals surface area contributed by atoms with Gasteiger partial charge in [0.25, 0.3) is 0 Å². The normalized spacial score (nSPS) is 27.9. The summed E-state index contributed by atoms with van der Waals surface area (Å²) in [6.07, 6.45) is 5.60. The second-order valence-corrected chi connectivity index (χ2v) is 6.73. The second-order valence-electron chi connectivity index (χ2n) is 6.73. The van der Waals surface area contributed by atoms with E-state index in [1.807, 2.05) is 7.05 Å². The molecule has 2 aliphatic rings. The van der Waals surface area contributed by atoms with Gasteiger partial charge in [-0.15, -0.1) is 0 Å². The molecule has 0 saturated carbocycles. The molecule has 134 valence electrons. The van der Waals surface area contributed by atoms with Gasteiger partial charge < -0.3 is 20.3 Å². The molecule has 0 spiro atoms. The van der Waals surface area contributed by atoms with Gasteiger partial charge in [-0.25, -0.2) is 0 Å². The highest BCUT2D eigenvalue weighted by Crippen LogP contribution is 2.18. The summed E-state index contributed by atoms with van der Waals surface area (Å²) in [5.74, 6) is 0.881. The molecule has 6 nitrogen and oxygen atoms in total. The quantitative estimate of drug-likeness (QED) is 0.557. The van der Waals surface area contributed by atoms with Crippen molar-refractivity contribution < 1.29 is 4.74 Å². The van der Waals surface area contributed by atoms with E-state index in [2.05, 4.69) is 39.4 Å². The SMILES string of the molecule is CCC1CCCCN1CCNC(=NC)NCC1CN(C)CCO1. The van der Waals surface area contributed by atoms with Gasteiger partial charge in [-0.1, -0.05) is 13.3 Å². The van der Waals surface area contributed by atoms with Crippen LogP contribution in [0.2, 0.25) is 0 Å². The smallest absolute Gasteiger partial charge is 0.191 e. The van der Waals surface area contributed by atoms with Crippen LogP contribution in [0.15, 0.2) is 4.99 Å². The van der Waals surface area contributed by atoms with Gasteiger partial charge in [0.15, 0.2) is 5.96 Å². The summed E-state index contributed by atoms with van der Waals surface area (Å²) in [5.41, 5.74) is 0. The Morgan fingerprint density at radius 3 is 2.87 bits per heavy atom. The molecule has 0 aromatic rings. The minimum Gasteiger partial charge on any atom is -0.374 e. The van der Waals surface area contributed by atoms with Crippen molar-refractivity contribution in [3.05, 3.63) is 0 Å². The number of nitrogens with zero attached hydrogens (tertiary/aromatic N) is 3. The topological polar surface area (TPSA) is 52.1 Å². The Labute approximate surface area is 141 Å². The van der Waals surface area contributed by atoms with Crippen LogP contribution >= 0.6 is 0 Å². The van der Waals surface area contributed by atoms with E-state index < -0.39 is 0 Å². The van der Waals surface area contributed by atoms with Crippen molar-refractivity contribution in [2.45, 2.75) is 44.8 Å². The zero-order chi connectivity index (χ0) is 16.5.